The number of ether oxygens (including phenoxy) is 1. The van der Waals surface area contributed by atoms with E-state index < -0.39 is 6.09 Å². The van der Waals surface area contributed by atoms with Crippen LogP contribution in [0, 0.1) is 6.92 Å². The number of benzene rings is 2. The fourth-order valence-corrected chi connectivity index (χ4v) is 1.98. The Kier molecular flexibility index (Phi) is 3.87. The van der Waals surface area contributed by atoms with Gasteiger partial charge < -0.3 is 9.26 Å². The topological polar surface area (TPSA) is 64.4 Å². The van der Waals surface area contributed by atoms with Crippen molar-refractivity contribution in [2.45, 2.75) is 6.92 Å². The van der Waals surface area contributed by atoms with Crippen molar-refractivity contribution in [1.29, 1.82) is 0 Å². The molecule has 3 rings (SSSR count). The van der Waals surface area contributed by atoms with Gasteiger partial charge in [0.05, 0.1) is 11.8 Å². The lowest BCUT2D eigenvalue weighted by atomic mass is 10.1. The van der Waals surface area contributed by atoms with Crippen LogP contribution in [0.4, 0.5) is 10.7 Å². The number of aromatic nitrogens is 1. The van der Waals surface area contributed by atoms with Gasteiger partial charge in [-0.25, -0.2) is 4.79 Å². The lowest BCUT2D eigenvalue weighted by Crippen LogP contribution is -2.16. The van der Waals surface area contributed by atoms with E-state index in [2.05, 4.69) is 10.5 Å². The Morgan fingerprint density at radius 2 is 1.82 bits per heavy atom. The van der Waals surface area contributed by atoms with Crippen molar-refractivity contribution in [2.24, 2.45) is 0 Å². The Morgan fingerprint density at radius 3 is 2.55 bits per heavy atom. The smallest absolute Gasteiger partial charge is 0.410 e. The molecule has 1 aromatic heterocycles. The molecule has 5 heteroatoms. The summed E-state index contributed by atoms with van der Waals surface area (Å²) in [5.41, 5.74) is 2.75. The second kappa shape index (κ2) is 6.13. The first kappa shape index (κ1) is 13.9. The van der Waals surface area contributed by atoms with Gasteiger partial charge in [-0.2, -0.15) is 0 Å². The fraction of sp³-hybridized carbons (Fsp3) is 0.0588. The summed E-state index contributed by atoms with van der Waals surface area (Å²) in [5, 5.41) is 6.30. The molecule has 0 saturated heterocycles. The number of para-hydroxylation sites is 1. The largest absolute Gasteiger partial charge is 0.419 e. The molecule has 3 aromatic rings. The van der Waals surface area contributed by atoms with E-state index >= 15 is 0 Å². The average Bonchev–Trinajstić information content (AvgIpc) is 2.97. The van der Waals surface area contributed by atoms with Crippen molar-refractivity contribution in [1.82, 2.24) is 5.16 Å². The van der Waals surface area contributed by atoms with Gasteiger partial charge in [0.15, 0.2) is 0 Å². The molecule has 1 heterocycles. The van der Waals surface area contributed by atoms with E-state index in [0.29, 0.717) is 11.3 Å². The monoisotopic (exact) mass is 294 g/mol. The molecule has 0 atom stereocenters. The molecule has 2 aromatic carbocycles. The van der Waals surface area contributed by atoms with Crippen LogP contribution in [0.25, 0.3) is 11.1 Å². The SMILES string of the molecule is Cc1ccc(-c2cnoc2NC(=O)Oc2ccccc2)cc1. The Morgan fingerprint density at radius 1 is 1.09 bits per heavy atom. The maximum atomic E-state index is 11.9. The molecule has 0 spiro atoms. The minimum atomic E-state index is -0.628. The summed E-state index contributed by atoms with van der Waals surface area (Å²) in [6.45, 7) is 2.01. The van der Waals surface area contributed by atoms with Crippen molar-refractivity contribution >= 4 is 12.0 Å². The third kappa shape index (κ3) is 3.15. The van der Waals surface area contributed by atoms with E-state index in [9.17, 15) is 4.79 Å². The first-order valence-corrected chi connectivity index (χ1v) is 6.78. The molecular weight excluding hydrogens is 280 g/mol. The van der Waals surface area contributed by atoms with E-state index in [-0.39, 0.29) is 5.88 Å². The standard InChI is InChI=1S/C17H14N2O3/c1-12-7-9-13(10-8-12)15-11-18-22-16(15)19-17(20)21-14-5-3-2-4-6-14/h2-11H,1H3,(H,19,20). The maximum Gasteiger partial charge on any atom is 0.419 e. The van der Waals surface area contributed by atoms with Crippen LogP contribution in [-0.2, 0) is 0 Å². The van der Waals surface area contributed by atoms with Gasteiger partial charge in [-0.3, -0.25) is 5.32 Å². The predicted octanol–water partition coefficient (Wildman–Crippen LogP) is 4.26. The lowest BCUT2D eigenvalue weighted by molar-refractivity contribution is 0.214. The fourth-order valence-electron chi connectivity index (χ4n) is 1.98. The molecule has 110 valence electrons. The van der Waals surface area contributed by atoms with Crippen LogP contribution in [0.1, 0.15) is 5.56 Å². The van der Waals surface area contributed by atoms with Gasteiger partial charge in [0, 0.05) is 0 Å². The quantitative estimate of drug-likeness (QED) is 0.783. The first-order chi connectivity index (χ1) is 10.7. The molecule has 5 nitrogen and oxygen atoms in total. The molecule has 22 heavy (non-hydrogen) atoms. The number of hydrogen-bond acceptors (Lipinski definition) is 4. The third-order valence-corrected chi connectivity index (χ3v) is 3.10. The van der Waals surface area contributed by atoms with Crippen molar-refractivity contribution < 1.29 is 14.1 Å². The van der Waals surface area contributed by atoms with Gasteiger partial charge in [0.25, 0.3) is 0 Å². The highest BCUT2D eigenvalue weighted by Gasteiger charge is 2.14. The van der Waals surface area contributed by atoms with Crippen LogP contribution in [-0.4, -0.2) is 11.2 Å². The maximum absolute atomic E-state index is 11.9. The lowest BCUT2D eigenvalue weighted by Gasteiger charge is -2.05. The van der Waals surface area contributed by atoms with Crippen molar-refractivity contribution in [3.8, 4) is 16.9 Å². The van der Waals surface area contributed by atoms with Crippen LogP contribution >= 0.6 is 0 Å². The predicted molar refractivity (Wildman–Crippen MR) is 82.8 cm³/mol. The third-order valence-electron chi connectivity index (χ3n) is 3.10. The molecule has 0 unspecified atom stereocenters. The summed E-state index contributed by atoms with van der Waals surface area (Å²) < 4.78 is 10.3. The Balaban J connectivity index is 1.75. The Bertz CT molecular complexity index is 764. The van der Waals surface area contributed by atoms with Gasteiger partial charge in [0.1, 0.15) is 5.75 Å². The molecule has 0 radical (unpaired) electrons. The number of hydrogen-bond donors (Lipinski definition) is 1. The van der Waals surface area contributed by atoms with Gasteiger partial charge in [-0.15, -0.1) is 0 Å². The van der Waals surface area contributed by atoms with Crippen molar-refractivity contribution in [3.05, 3.63) is 66.4 Å². The summed E-state index contributed by atoms with van der Waals surface area (Å²) in [6, 6.07) is 16.6. The second-order valence-electron chi connectivity index (χ2n) is 4.76. The highest BCUT2D eigenvalue weighted by molar-refractivity contribution is 5.89. The summed E-state index contributed by atoms with van der Waals surface area (Å²) >= 11 is 0. The number of amides is 1. The van der Waals surface area contributed by atoms with Crippen LogP contribution in [0.15, 0.2) is 65.3 Å². The van der Waals surface area contributed by atoms with E-state index in [1.54, 1.807) is 30.5 Å². The highest BCUT2D eigenvalue weighted by atomic mass is 16.6. The van der Waals surface area contributed by atoms with E-state index in [4.69, 9.17) is 9.26 Å². The van der Waals surface area contributed by atoms with Crippen molar-refractivity contribution in [2.75, 3.05) is 5.32 Å². The van der Waals surface area contributed by atoms with E-state index in [0.717, 1.165) is 11.1 Å². The van der Waals surface area contributed by atoms with Gasteiger partial charge >= 0.3 is 6.09 Å². The molecule has 0 bridgehead atoms. The Labute approximate surface area is 127 Å². The first-order valence-electron chi connectivity index (χ1n) is 6.78. The number of rotatable bonds is 3. The molecule has 1 N–H and O–H groups in total. The van der Waals surface area contributed by atoms with Gasteiger partial charge in [-0.05, 0) is 24.6 Å². The molecule has 0 aliphatic rings. The molecule has 0 fully saturated rings. The Hall–Kier alpha value is -3.08. The number of carbonyl (C=O) groups is 1. The molecule has 1 amide bonds. The normalized spacial score (nSPS) is 10.2. The van der Waals surface area contributed by atoms with Gasteiger partial charge in [0.2, 0.25) is 5.88 Å². The van der Waals surface area contributed by atoms with Crippen LogP contribution in [0.2, 0.25) is 0 Å². The number of nitrogens with one attached hydrogen (secondary N) is 1. The zero-order chi connectivity index (χ0) is 15.4. The molecule has 0 aliphatic carbocycles. The summed E-state index contributed by atoms with van der Waals surface area (Å²) in [7, 11) is 0. The number of nitrogens with zero attached hydrogens (tertiary/aromatic N) is 1. The van der Waals surface area contributed by atoms with Crippen LogP contribution in [0.3, 0.4) is 0 Å². The summed E-state index contributed by atoms with van der Waals surface area (Å²) in [4.78, 5) is 11.9. The molecule has 0 saturated carbocycles. The highest BCUT2D eigenvalue weighted by Crippen LogP contribution is 2.28. The average molecular weight is 294 g/mol. The van der Waals surface area contributed by atoms with Crippen molar-refractivity contribution in [3.63, 3.8) is 0 Å². The zero-order valence-electron chi connectivity index (χ0n) is 11.9. The molecular formula is C17H14N2O3. The van der Waals surface area contributed by atoms with Crippen LogP contribution in [0.5, 0.6) is 5.75 Å². The number of carbonyl (C=O) groups excluding carboxylic acids is 1. The minimum absolute atomic E-state index is 0.254. The number of aryl methyl sites for hydroxylation is 1. The summed E-state index contributed by atoms with van der Waals surface area (Å²) in [5.74, 6) is 0.709. The van der Waals surface area contributed by atoms with Gasteiger partial charge in [-0.1, -0.05) is 53.2 Å². The van der Waals surface area contributed by atoms with E-state index in [1.807, 2.05) is 37.3 Å². The minimum Gasteiger partial charge on any atom is -0.410 e. The number of anilines is 1. The van der Waals surface area contributed by atoms with Crippen LogP contribution < -0.4 is 10.1 Å². The summed E-state index contributed by atoms with van der Waals surface area (Å²) in [6.07, 6.45) is 0.930. The second-order valence-corrected chi connectivity index (χ2v) is 4.76. The molecule has 0 aliphatic heterocycles. The zero-order valence-corrected chi connectivity index (χ0v) is 11.9. The van der Waals surface area contributed by atoms with E-state index in [1.165, 1.54) is 0 Å².